The van der Waals surface area contributed by atoms with Crippen molar-refractivity contribution in [1.29, 1.82) is 0 Å². The third-order valence-electron chi connectivity index (χ3n) is 4.44. The highest BCUT2D eigenvalue weighted by Crippen LogP contribution is 2.19. The Morgan fingerprint density at radius 2 is 1.75 bits per heavy atom. The van der Waals surface area contributed by atoms with Crippen LogP contribution < -0.4 is 5.32 Å². The van der Waals surface area contributed by atoms with E-state index < -0.39 is 23.9 Å². The molecular weight excluding hydrogens is 360 g/mol. The van der Waals surface area contributed by atoms with Crippen LogP contribution in [-0.4, -0.2) is 43.1 Å². The number of nitrogens with one attached hydrogen (secondary N) is 2. The average Bonchev–Trinajstić information content (AvgIpc) is 3.15. The zero-order valence-electron chi connectivity index (χ0n) is 15.5. The lowest BCUT2D eigenvalue weighted by atomic mass is 10.0. The lowest BCUT2D eigenvalue weighted by Gasteiger charge is -2.16. The lowest BCUT2D eigenvalue weighted by molar-refractivity contribution is -0.142. The number of methoxy groups -OCH3 is 2. The van der Waals surface area contributed by atoms with Crippen molar-refractivity contribution >= 4 is 28.7 Å². The lowest BCUT2D eigenvalue weighted by Crippen LogP contribution is -2.43. The van der Waals surface area contributed by atoms with Crippen LogP contribution in [0.2, 0.25) is 0 Å². The summed E-state index contributed by atoms with van der Waals surface area (Å²) in [4.78, 5) is 39.7. The minimum Gasteiger partial charge on any atom is -0.467 e. The summed E-state index contributed by atoms with van der Waals surface area (Å²) in [5, 5.41) is 3.66. The summed E-state index contributed by atoms with van der Waals surface area (Å²) in [6.45, 7) is 0. The highest BCUT2D eigenvalue weighted by Gasteiger charge is 2.24. The Bertz CT molecular complexity index is 1020. The third-order valence-corrected chi connectivity index (χ3v) is 4.44. The maximum Gasteiger partial charge on any atom is 0.337 e. The molecule has 0 fully saturated rings. The van der Waals surface area contributed by atoms with Gasteiger partial charge in [-0.05, 0) is 29.8 Å². The van der Waals surface area contributed by atoms with Gasteiger partial charge in [0.1, 0.15) is 6.04 Å². The van der Waals surface area contributed by atoms with E-state index in [1.165, 1.54) is 20.3 Å². The van der Waals surface area contributed by atoms with Gasteiger partial charge in [-0.1, -0.05) is 24.3 Å². The molecule has 0 saturated carbocycles. The number of amides is 1. The van der Waals surface area contributed by atoms with Gasteiger partial charge in [0.15, 0.2) is 0 Å². The van der Waals surface area contributed by atoms with Gasteiger partial charge in [0, 0.05) is 29.1 Å². The first-order valence-corrected chi connectivity index (χ1v) is 8.65. The molecule has 1 amide bonds. The molecule has 2 N–H and O–H groups in total. The zero-order chi connectivity index (χ0) is 20.1. The Kier molecular flexibility index (Phi) is 5.74. The van der Waals surface area contributed by atoms with Crippen LogP contribution in [0.25, 0.3) is 10.9 Å². The van der Waals surface area contributed by atoms with Crippen LogP contribution in [0, 0.1) is 0 Å². The molecule has 3 aromatic rings. The number of aromatic amines is 1. The molecule has 0 aliphatic heterocycles. The van der Waals surface area contributed by atoms with Crippen molar-refractivity contribution in [2.45, 2.75) is 12.5 Å². The Labute approximate surface area is 161 Å². The molecule has 144 valence electrons. The number of carbonyl (C=O) groups is 3. The first-order valence-electron chi connectivity index (χ1n) is 8.65. The van der Waals surface area contributed by atoms with Crippen molar-refractivity contribution in [3.63, 3.8) is 0 Å². The van der Waals surface area contributed by atoms with E-state index in [0.29, 0.717) is 0 Å². The third kappa shape index (κ3) is 4.03. The Morgan fingerprint density at radius 1 is 1.00 bits per heavy atom. The molecule has 1 atom stereocenters. The summed E-state index contributed by atoms with van der Waals surface area (Å²) in [7, 11) is 2.54. The maximum absolute atomic E-state index is 12.7. The minimum atomic E-state index is -0.876. The van der Waals surface area contributed by atoms with Gasteiger partial charge < -0.3 is 19.8 Å². The van der Waals surface area contributed by atoms with Crippen molar-refractivity contribution in [2.75, 3.05) is 14.2 Å². The number of ether oxygens (including phenoxy) is 2. The number of fused-ring (bicyclic) bond motifs is 1. The second-order valence-corrected chi connectivity index (χ2v) is 6.19. The Morgan fingerprint density at radius 3 is 2.50 bits per heavy atom. The summed E-state index contributed by atoms with van der Waals surface area (Å²) in [6.07, 6.45) is 2.07. The second kappa shape index (κ2) is 8.39. The van der Waals surface area contributed by atoms with Crippen LogP contribution >= 0.6 is 0 Å². The fraction of sp³-hybridized carbons (Fsp3) is 0.190. The first-order chi connectivity index (χ1) is 13.5. The van der Waals surface area contributed by atoms with E-state index in [4.69, 9.17) is 4.74 Å². The standard InChI is InChI=1S/C21H20N2O5/c1-27-20(25)14-7-5-6-13(10-14)19(24)23-18(21(26)28-2)11-15-12-22-17-9-4-3-8-16(15)17/h3-10,12,18,22H,11H2,1-2H3,(H,23,24)/t18-/m1/s1. The van der Waals surface area contributed by atoms with Crippen molar-refractivity contribution in [3.05, 3.63) is 71.4 Å². The van der Waals surface area contributed by atoms with Gasteiger partial charge >= 0.3 is 11.9 Å². The predicted molar refractivity (Wildman–Crippen MR) is 103 cm³/mol. The number of hydrogen-bond donors (Lipinski definition) is 2. The van der Waals surface area contributed by atoms with E-state index in [1.807, 2.05) is 30.5 Å². The molecule has 0 spiro atoms. The first kappa shape index (κ1) is 19.2. The molecule has 0 aliphatic rings. The van der Waals surface area contributed by atoms with Crippen LogP contribution in [0.1, 0.15) is 26.3 Å². The highest BCUT2D eigenvalue weighted by molar-refractivity contribution is 5.99. The topological polar surface area (TPSA) is 97.5 Å². The summed E-state index contributed by atoms with van der Waals surface area (Å²) in [6, 6.07) is 12.9. The maximum atomic E-state index is 12.7. The largest absolute Gasteiger partial charge is 0.467 e. The summed E-state index contributed by atoms with van der Waals surface area (Å²) >= 11 is 0. The van der Waals surface area contributed by atoms with E-state index in [9.17, 15) is 14.4 Å². The number of esters is 2. The SMILES string of the molecule is COC(=O)c1cccc(C(=O)N[C@H](Cc2c[nH]c3ccccc23)C(=O)OC)c1. The molecule has 2 aromatic carbocycles. The molecule has 28 heavy (non-hydrogen) atoms. The monoisotopic (exact) mass is 380 g/mol. The smallest absolute Gasteiger partial charge is 0.337 e. The van der Waals surface area contributed by atoms with Gasteiger partial charge in [0.05, 0.1) is 19.8 Å². The quantitative estimate of drug-likeness (QED) is 0.640. The molecule has 3 rings (SSSR count). The van der Waals surface area contributed by atoms with E-state index in [0.717, 1.165) is 16.5 Å². The van der Waals surface area contributed by atoms with Gasteiger partial charge in [-0.2, -0.15) is 0 Å². The van der Waals surface area contributed by atoms with Crippen LogP contribution in [0.15, 0.2) is 54.7 Å². The van der Waals surface area contributed by atoms with Crippen LogP contribution in [0.3, 0.4) is 0 Å². The van der Waals surface area contributed by atoms with Crippen molar-refractivity contribution in [1.82, 2.24) is 10.3 Å². The van der Waals surface area contributed by atoms with E-state index >= 15 is 0 Å². The van der Waals surface area contributed by atoms with E-state index in [-0.39, 0.29) is 17.5 Å². The molecule has 1 aromatic heterocycles. The molecule has 0 unspecified atom stereocenters. The Balaban J connectivity index is 1.82. The predicted octanol–water partition coefficient (Wildman–Crippen LogP) is 2.47. The average molecular weight is 380 g/mol. The van der Waals surface area contributed by atoms with Crippen molar-refractivity contribution in [3.8, 4) is 0 Å². The normalized spacial score (nSPS) is 11.6. The fourth-order valence-electron chi connectivity index (χ4n) is 3.00. The number of hydrogen-bond acceptors (Lipinski definition) is 5. The second-order valence-electron chi connectivity index (χ2n) is 6.19. The molecule has 7 heteroatoms. The molecule has 1 heterocycles. The molecule has 0 radical (unpaired) electrons. The molecule has 7 nitrogen and oxygen atoms in total. The summed E-state index contributed by atoms with van der Waals surface area (Å²) in [5.74, 6) is -1.58. The summed E-state index contributed by atoms with van der Waals surface area (Å²) < 4.78 is 9.52. The van der Waals surface area contributed by atoms with Gasteiger partial charge in [-0.25, -0.2) is 9.59 Å². The van der Waals surface area contributed by atoms with Gasteiger partial charge in [-0.15, -0.1) is 0 Å². The Hall–Kier alpha value is -3.61. The number of rotatable bonds is 6. The van der Waals surface area contributed by atoms with Gasteiger partial charge in [0.2, 0.25) is 0 Å². The van der Waals surface area contributed by atoms with E-state index in [2.05, 4.69) is 15.0 Å². The molecule has 0 saturated heterocycles. The number of H-pyrrole nitrogens is 1. The van der Waals surface area contributed by atoms with Gasteiger partial charge in [-0.3, -0.25) is 4.79 Å². The van der Waals surface area contributed by atoms with Crippen molar-refractivity contribution in [2.24, 2.45) is 0 Å². The number of aromatic nitrogens is 1. The van der Waals surface area contributed by atoms with Gasteiger partial charge in [0.25, 0.3) is 5.91 Å². The number of para-hydroxylation sites is 1. The summed E-state index contributed by atoms with van der Waals surface area (Å²) in [5.41, 5.74) is 2.32. The molecular formula is C21H20N2O5. The highest BCUT2D eigenvalue weighted by atomic mass is 16.5. The van der Waals surface area contributed by atoms with Crippen LogP contribution in [0.5, 0.6) is 0 Å². The molecule has 0 bridgehead atoms. The number of carbonyl (C=O) groups excluding carboxylic acids is 3. The van der Waals surface area contributed by atoms with Crippen LogP contribution in [0.4, 0.5) is 0 Å². The zero-order valence-corrected chi connectivity index (χ0v) is 15.5. The van der Waals surface area contributed by atoms with Crippen molar-refractivity contribution < 1.29 is 23.9 Å². The fourth-order valence-corrected chi connectivity index (χ4v) is 3.00. The minimum absolute atomic E-state index is 0.246. The molecule has 0 aliphatic carbocycles. The van der Waals surface area contributed by atoms with Crippen LogP contribution in [-0.2, 0) is 20.7 Å². The number of benzene rings is 2. The van der Waals surface area contributed by atoms with E-state index in [1.54, 1.807) is 18.2 Å².